The SMILES string of the molecule is CCCCCCCCCCCCCC(=O)OCC(COP(=O)([O-])OCC[N+](C)(C)C)OC(=O)CCCCCCCCCCCCC1(CCCC)N=N1. The van der Waals surface area contributed by atoms with Crippen LogP contribution in [0.5, 0.6) is 0 Å². The molecule has 0 fully saturated rings. The Hall–Kier alpha value is -1.39. The molecule has 0 aliphatic carbocycles. The molecule has 2 unspecified atom stereocenters. The van der Waals surface area contributed by atoms with Crippen molar-refractivity contribution in [3.8, 4) is 0 Å². The molecule has 0 aromatic heterocycles. The first-order valence-electron chi connectivity index (χ1n) is 21.1. The quantitative estimate of drug-likeness (QED) is 0.0263. The highest BCUT2D eigenvalue weighted by Gasteiger charge is 2.38. The van der Waals surface area contributed by atoms with Crippen LogP contribution in [-0.4, -0.2) is 75.7 Å². The van der Waals surface area contributed by atoms with E-state index in [1.165, 1.54) is 103 Å². The lowest BCUT2D eigenvalue weighted by Gasteiger charge is -2.28. The van der Waals surface area contributed by atoms with E-state index >= 15 is 0 Å². The van der Waals surface area contributed by atoms with E-state index < -0.39 is 26.5 Å². The summed E-state index contributed by atoms with van der Waals surface area (Å²) < 4.78 is 33.8. The molecule has 11 nitrogen and oxygen atoms in total. The normalized spacial score (nSPS) is 15.3. The lowest BCUT2D eigenvalue weighted by Crippen LogP contribution is -2.37. The van der Waals surface area contributed by atoms with Crippen LogP contribution in [0.25, 0.3) is 0 Å². The van der Waals surface area contributed by atoms with E-state index in [-0.39, 0.29) is 37.7 Å². The molecule has 2 atom stereocenters. The second kappa shape index (κ2) is 29.9. The zero-order valence-electron chi connectivity index (χ0n) is 34.1. The Balaban J connectivity index is 2.27. The minimum atomic E-state index is -4.62. The molecule has 306 valence electrons. The Morgan fingerprint density at radius 3 is 1.54 bits per heavy atom. The second-order valence-corrected chi connectivity index (χ2v) is 17.4. The van der Waals surface area contributed by atoms with E-state index in [2.05, 4.69) is 24.1 Å². The summed E-state index contributed by atoms with van der Waals surface area (Å²) in [6.07, 6.45) is 28.4. The molecule has 0 saturated carbocycles. The number of phosphoric acid groups is 1. The first-order chi connectivity index (χ1) is 24.9. The largest absolute Gasteiger partial charge is 0.756 e. The van der Waals surface area contributed by atoms with E-state index in [0.717, 1.165) is 51.4 Å². The first-order valence-corrected chi connectivity index (χ1v) is 22.6. The van der Waals surface area contributed by atoms with Crippen LogP contribution in [0.2, 0.25) is 0 Å². The zero-order valence-corrected chi connectivity index (χ0v) is 34.9. The Labute approximate surface area is 318 Å². The van der Waals surface area contributed by atoms with Gasteiger partial charge < -0.3 is 27.9 Å². The topological polar surface area (TPSA) is 136 Å². The number of hydrogen-bond donors (Lipinski definition) is 0. The van der Waals surface area contributed by atoms with E-state index in [9.17, 15) is 19.0 Å². The van der Waals surface area contributed by atoms with Crippen molar-refractivity contribution in [3.63, 3.8) is 0 Å². The van der Waals surface area contributed by atoms with Gasteiger partial charge in [-0.15, -0.1) is 0 Å². The molecule has 1 rings (SSSR count). The van der Waals surface area contributed by atoms with Gasteiger partial charge in [0.25, 0.3) is 7.82 Å². The van der Waals surface area contributed by atoms with Gasteiger partial charge in [0.15, 0.2) is 11.8 Å². The van der Waals surface area contributed by atoms with Crippen molar-refractivity contribution in [3.05, 3.63) is 0 Å². The molecule has 0 radical (unpaired) electrons. The van der Waals surface area contributed by atoms with Gasteiger partial charge in [0.1, 0.15) is 19.8 Å². The predicted molar refractivity (Wildman–Crippen MR) is 207 cm³/mol. The third kappa shape index (κ3) is 30.0. The number of carbonyl (C=O) groups excluding carboxylic acids is 2. The summed E-state index contributed by atoms with van der Waals surface area (Å²) in [7, 11) is 1.16. The molecule has 52 heavy (non-hydrogen) atoms. The summed E-state index contributed by atoms with van der Waals surface area (Å²) in [6.45, 7) is 4.16. The van der Waals surface area contributed by atoms with Crippen LogP contribution >= 0.6 is 7.82 Å². The summed E-state index contributed by atoms with van der Waals surface area (Å²) in [5, 5.41) is 8.59. The molecule has 12 heteroatoms. The molecular weight excluding hydrogens is 681 g/mol. The van der Waals surface area contributed by atoms with E-state index in [1.807, 2.05) is 21.1 Å². The molecule has 0 aromatic carbocycles. The fourth-order valence-corrected chi connectivity index (χ4v) is 6.87. The Morgan fingerprint density at radius 1 is 0.615 bits per heavy atom. The third-order valence-corrected chi connectivity index (χ3v) is 10.6. The number of unbranched alkanes of at least 4 members (excludes halogenated alkanes) is 20. The van der Waals surface area contributed by atoms with E-state index in [0.29, 0.717) is 17.4 Å². The van der Waals surface area contributed by atoms with Crippen molar-refractivity contribution in [2.45, 2.75) is 199 Å². The molecule has 0 amide bonds. The van der Waals surface area contributed by atoms with Gasteiger partial charge in [-0.05, 0) is 38.5 Å². The minimum Gasteiger partial charge on any atom is -0.756 e. The summed E-state index contributed by atoms with van der Waals surface area (Å²) in [4.78, 5) is 37.4. The molecule has 1 aliphatic rings. The number of hydrogen-bond acceptors (Lipinski definition) is 10. The summed E-state index contributed by atoms with van der Waals surface area (Å²) in [6, 6.07) is 0. The molecule has 1 heterocycles. The summed E-state index contributed by atoms with van der Waals surface area (Å²) in [5.41, 5.74) is -0.0170. The predicted octanol–water partition coefficient (Wildman–Crippen LogP) is 10.4. The van der Waals surface area contributed by atoms with Gasteiger partial charge in [0.05, 0.1) is 27.7 Å². The molecule has 0 saturated heterocycles. The summed E-state index contributed by atoms with van der Waals surface area (Å²) in [5.74, 6) is -0.840. The van der Waals surface area contributed by atoms with Gasteiger partial charge in [0, 0.05) is 12.8 Å². The molecule has 0 bridgehead atoms. The number of ether oxygens (including phenoxy) is 2. The number of nitrogens with zero attached hydrogens (tertiary/aromatic N) is 3. The number of quaternary nitrogens is 1. The Kier molecular flexibility index (Phi) is 28.0. The number of carbonyl (C=O) groups is 2. The first kappa shape index (κ1) is 48.6. The van der Waals surface area contributed by atoms with Crippen molar-refractivity contribution in [1.82, 2.24) is 0 Å². The van der Waals surface area contributed by atoms with Crippen LogP contribution < -0.4 is 4.89 Å². The van der Waals surface area contributed by atoms with Gasteiger partial charge in [-0.1, -0.05) is 136 Å². The fraction of sp³-hybridized carbons (Fsp3) is 0.950. The average molecular weight is 760 g/mol. The average Bonchev–Trinajstić information content (AvgIpc) is 3.87. The zero-order chi connectivity index (χ0) is 38.4. The van der Waals surface area contributed by atoms with E-state index in [4.69, 9.17) is 18.5 Å². The van der Waals surface area contributed by atoms with Crippen molar-refractivity contribution < 1.29 is 42.1 Å². The Bertz CT molecular complexity index is 984. The van der Waals surface area contributed by atoms with Crippen LogP contribution in [0, 0.1) is 0 Å². The van der Waals surface area contributed by atoms with Crippen molar-refractivity contribution in [2.75, 3.05) is 47.5 Å². The van der Waals surface area contributed by atoms with Gasteiger partial charge in [0.2, 0.25) is 0 Å². The van der Waals surface area contributed by atoms with Crippen LogP contribution in [0.15, 0.2) is 10.2 Å². The standard InChI is InChI=1S/C40H78N3O8P/c1-6-8-10-11-12-13-14-17-20-23-26-29-38(44)48-35-37(36-50-52(46,47)49-34-33-43(3,4)5)51-39(45)30-27-24-21-18-15-16-19-22-25-28-32-40(41-42-40)31-9-7-2/h37H,6-36H2,1-5H3. The highest BCUT2D eigenvalue weighted by molar-refractivity contribution is 7.45. The van der Waals surface area contributed by atoms with Crippen LogP contribution in [0.3, 0.4) is 0 Å². The van der Waals surface area contributed by atoms with Gasteiger partial charge in [-0.3, -0.25) is 14.2 Å². The lowest BCUT2D eigenvalue weighted by molar-refractivity contribution is -0.870. The maximum atomic E-state index is 12.7. The van der Waals surface area contributed by atoms with Gasteiger partial charge in [-0.2, -0.15) is 10.2 Å². The maximum absolute atomic E-state index is 12.7. The molecule has 0 aromatic rings. The number of esters is 2. The fourth-order valence-electron chi connectivity index (χ4n) is 6.14. The van der Waals surface area contributed by atoms with Crippen molar-refractivity contribution in [2.24, 2.45) is 10.2 Å². The van der Waals surface area contributed by atoms with Crippen LogP contribution in [0.1, 0.15) is 187 Å². The van der Waals surface area contributed by atoms with Gasteiger partial charge in [-0.25, -0.2) is 0 Å². The lowest BCUT2D eigenvalue weighted by atomic mass is 9.98. The molecule has 0 spiro atoms. The highest BCUT2D eigenvalue weighted by atomic mass is 31.2. The number of rotatable bonds is 38. The second-order valence-electron chi connectivity index (χ2n) is 16.0. The summed E-state index contributed by atoms with van der Waals surface area (Å²) >= 11 is 0. The van der Waals surface area contributed by atoms with Crippen molar-refractivity contribution in [1.29, 1.82) is 0 Å². The number of likely N-dealkylation sites (N-methyl/N-ethyl adjacent to an activating group) is 1. The van der Waals surface area contributed by atoms with Crippen LogP contribution in [-0.2, 0) is 32.7 Å². The maximum Gasteiger partial charge on any atom is 0.306 e. The third-order valence-electron chi connectivity index (χ3n) is 9.66. The van der Waals surface area contributed by atoms with Crippen molar-refractivity contribution >= 4 is 19.8 Å². The monoisotopic (exact) mass is 760 g/mol. The molecule has 1 aliphatic heterocycles. The van der Waals surface area contributed by atoms with E-state index in [1.54, 1.807) is 0 Å². The molecular formula is C40H78N3O8P. The van der Waals surface area contributed by atoms with Crippen LogP contribution in [0.4, 0.5) is 0 Å². The number of phosphoric ester groups is 1. The Morgan fingerprint density at radius 2 is 1.06 bits per heavy atom. The molecule has 0 N–H and O–H groups in total. The van der Waals surface area contributed by atoms with Gasteiger partial charge >= 0.3 is 11.9 Å². The smallest absolute Gasteiger partial charge is 0.306 e. The highest BCUT2D eigenvalue weighted by Crippen LogP contribution is 2.39. The minimum absolute atomic E-state index is 0.0170.